The molecule has 118 valence electrons. The Hall–Kier alpha value is -1.22. The van der Waals surface area contributed by atoms with Crippen molar-refractivity contribution < 1.29 is 9.47 Å². The van der Waals surface area contributed by atoms with Gasteiger partial charge in [-0.05, 0) is 44.4 Å². The van der Waals surface area contributed by atoms with Crippen LogP contribution in [-0.2, 0) is 6.54 Å². The average molecular weight is 291 g/mol. The van der Waals surface area contributed by atoms with Gasteiger partial charge in [0.15, 0.2) is 11.5 Å². The van der Waals surface area contributed by atoms with Crippen LogP contribution in [0, 0.1) is 0 Å². The van der Waals surface area contributed by atoms with E-state index in [1.807, 2.05) is 19.9 Å². The highest BCUT2D eigenvalue weighted by Crippen LogP contribution is 2.29. The topological polar surface area (TPSA) is 30.5 Å². The van der Waals surface area contributed by atoms with Crippen LogP contribution in [0.1, 0.15) is 57.9 Å². The Kier molecular flexibility index (Phi) is 6.37. The van der Waals surface area contributed by atoms with Gasteiger partial charge in [0.1, 0.15) is 0 Å². The quantitative estimate of drug-likeness (QED) is 0.793. The molecule has 0 atom stereocenters. The van der Waals surface area contributed by atoms with Crippen LogP contribution in [-0.4, -0.2) is 19.3 Å². The van der Waals surface area contributed by atoms with Crippen LogP contribution in [0.3, 0.4) is 0 Å². The predicted molar refractivity (Wildman–Crippen MR) is 87.1 cm³/mol. The van der Waals surface area contributed by atoms with Gasteiger partial charge >= 0.3 is 0 Å². The van der Waals surface area contributed by atoms with Crippen molar-refractivity contribution in [2.45, 2.75) is 71.1 Å². The normalized spacial score (nSPS) is 16.8. The highest BCUT2D eigenvalue weighted by Gasteiger charge is 2.12. The maximum Gasteiger partial charge on any atom is 0.161 e. The zero-order valence-corrected chi connectivity index (χ0v) is 13.7. The summed E-state index contributed by atoms with van der Waals surface area (Å²) in [5.74, 6) is 1.65. The summed E-state index contributed by atoms with van der Waals surface area (Å²) in [4.78, 5) is 0. The first-order valence-electron chi connectivity index (χ1n) is 8.26. The molecule has 0 spiro atoms. The molecule has 0 heterocycles. The molecule has 1 aliphatic carbocycles. The lowest BCUT2D eigenvalue weighted by molar-refractivity contribution is 0.230. The number of methoxy groups -OCH3 is 1. The first-order chi connectivity index (χ1) is 10.2. The number of hydrogen-bond donors (Lipinski definition) is 1. The van der Waals surface area contributed by atoms with E-state index in [4.69, 9.17) is 9.47 Å². The first kappa shape index (κ1) is 16.2. The lowest BCUT2D eigenvalue weighted by atomic mass is 10.1. The summed E-state index contributed by atoms with van der Waals surface area (Å²) < 4.78 is 11.2. The van der Waals surface area contributed by atoms with Gasteiger partial charge in [-0.15, -0.1) is 0 Å². The molecule has 0 saturated heterocycles. The second-order valence-electron chi connectivity index (χ2n) is 6.22. The minimum absolute atomic E-state index is 0.161. The largest absolute Gasteiger partial charge is 0.493 e. The molecule has 0 aromatic heterocycles. The molecule has 0 amide bonds. The predicted octanol–water partition coefficient (Wildman–Crippen LogP) is 4.29. The molecule has 1 aliphatic rings. The maximum absolute atomic E-state index is 5.76. The number of nitrogens with one attached hydrogen (secondary N) is 1. The Bertz CT molecular complexity index is 423. The molecule has 0 radical (unpaired) electrons. The Morgan fingerprint density at radius 3 is 2.43 bits per heavy atom. The third-order valence-corrected chi connectivity index (χ3v) is 4.04. The molecule has 1 saturated carbocycles. The van der Waals surface area contributed by atoms with Gasteiger partial charge in [0.05, 0.1) is 13.2 Å². The third-order valence-electron chi connectivity index (χ3n) is 4.04. The van der Waals surface area contributed by atoms with Gasteiger partial charge in [0.25, 0.3) is 0 Å². The fourth-order valence-corrected chi connectivity index (χ4v) is 2.92. The number of hydrogen-bond acceptors (Lipinski definition) is 3. The van der Waals surface area contributed by atoms with Gasteiger partial charge in [0, 0.05) is 12.6 Å². The standard InChI is InChI=1S/C18H29NO2/c1-14(2)21-17-11-10-15(12-18(17)20-3)13-19-16-8-6-4-5-7-9-16/h10-12,14,16,19H,4-9,13H2,1-3H3. The van der Waals surface area contributed by atoms with E-state index in [0.717, 1.165) is 18.0 Å². The van der Waals surface area contributed by atoms with E-state index in [9.17, 15) is 0 Å². The molecule has 3 nitrogen and oxygen atoms in total. The zero-order chi connectivity index (χ0) is 15.1. The van der Waals surface area contributed by atoms with Crippen LogP contribution < -0.4 is 14.8 Å². The highest BCUT2D eigenvalue weighted by atomic mass is 16.5. The summed E-state index contributed by atoms with van der Waals surface area (Å²) in [7, 11) is 1.70. The van der Waals surface area contributed by atoms with Gasteiger partial charge in [-0.3, -0.25) is 0 Å². The average Bonchev–Trinajstić information content (AvgIpc) is 2.74. The van der Waals surface area contributed by atoms with Gasteiger partial charge in [-0.25, -0.2) is 0 Å². The van der Waals surface area contributed by atoms with Gasteiger partial charge in [0.2, 0.25) is 0 Å². The summed E-state index contributed by atoms with van der Waals surface area (Å²) in [5, 5.41) is 3.69. The molecular formula is C18H29NO2. The number of rotatable bonds is 6. The van der Waals surface area contributed by atoms with E-state index >= 15 is 0 Å². The molecule has 2 rings (SSSR count). The molecular weight excluding hydrogens is 262 g/mol. The molecule has 0 unspecified atom stereocenters. The van der Waals surface area contributed by atoms with E-state index in [0.29, 0.717) is 6.04 Å². The lowest BCUT2D eigenvalue weighted by Crippen LogP contribution is -2.27. The van der Waals surface area contributed by atoms with Crippen LogP contribution >= 0.6 is 0 Å². The fraction of sp³-hybridized carbons (Fsp3) is 0.667. The zero-order valence-electron chi connectivity index (χ0n) is 13.7. The SMILES string of the molecule is COc1cc(CNC2CCCCCC2)ccc1OC(C)C. The Morgan fingerprint density at radius 1 is 1.10 bits per heavy atom. The van der Waals surface area contributed by atoms with E-state index in [1.54, 1.807) is 7.11 Å². The molecule has 21 heavy (non-hydrogen) atoms. The molecule has 1 aromatic carbocycles. The first-order valence-corrected chi connectivity index (χ1v) is 8.26. The minimum Gasteiger partial charge on any atom is -0.493 e. The van der Waals surface area contributed by atoms with Crippen LogP contribution in [0.25, 0.3) is 0 Å². The summed E-state index contributed by atoms with van der Waals surface area (Å²) in [5.41, 5.74) is 1.26. The number of ether oxygens (including phenoxy) is 2. The summed E-state index contributed by atoms with van der Waals surface area (Å²) in [6.45, 7) is 4.96. The Balaban J connectivity index is 1.93. The van der Waals surface area contributed by atoms with Crippen molar-refractivity contribution in [1.82, 2.24) is 5.32 Å². The Morgan fingerprint density at radius 2 is 1.81 bits per heavy atom. The monoisotopic (exact) mass is 291 g/mol. The molecule has 0 aliphatic heterocycles. The van der Waals surface area contributed by atoms with Crippen molar-refractivity contribution in [1.29, 1.82) is 0 Å². The van der Waals surface area contributed by atoms with Gasteiger partial charge in [-0.1, -0.05) is 31.7 Å². The van der Waals surface area contributed by atoms with Crippen molar-refractivity contribution >= 4 is 0 Å². The molecule has 0 bridgehead atoms. The van der Waals surface area contributed by atoms with E-state index in [-0.39, 0.29) is 6.10 Å². The van der Waals surface area contributed by atoms with E-state index in [1.165, 1.54) is 44.1 Å². The highest BCUT2D eigenvalue weighted by molar-refractivity contribution is 5.43. The van der Waals surface area contributed by atoms with Gasteiger partial charge in [-0.2, -0.15) is 0 Å². The Labute approximate surface area is 129 Å². The van der Waals surface area contributed by atoms with Crippen LogP contribution in [0.15, 0.2) is 18.2 Å². The van der Waals surface area contributed by atoms with Gasteiger partial charge < -0.3 is 14.8 Å². The van der Waals surface area contributed by atoms with Crippen LogP contribution in [0.2, 0.25) is 0 Å². The summed E-state index contributed by atoms with van der Waals surface area (Å²) >= 11 is 0. The summed E-state index contributed by atoms with van der Waals surface area (Å²) in [6.07, 6.45) is 8.30. The number of benzene rings is 1. The van der Waals surface area contributed by atoms with Crippen LogP contribution in [0.4, 0.5) is 0 Å². The maximum atomic E-state index is 5.76. The van der Waals surface area contributed by atoms with Crippen LogP contribution in [0.5, 0.6) is 11.5 Å². The van der Waals surface area contributed by atoms with Crippen molar-refractivity contribution in [2.24, 2.45) is 0 Å². The van der Waals surface area contributed by atoms with Crippen molar-refractivity contribution in [2.75, 3.05) is 7.11 Å². The molecule has 1 aromatic rings. The van der Waals surface area contributed by atoms with E-state index in [2.05, 4.69) is 17.4 Å². The van der Waals surface area contributed by atoms with Crippen molar-refractivity contribution in [3.63, 3.8) is 0 Å². The minimum atomic E-state index is 0.161. The third kappa shape index (κ3) is 5.24. The smallest absolute Gasteiger partial charge is 0.161 e. The molecule has 1 N–H and O–H groups in total. The van der Waals surface area contributed by atoms with Crippen molar-refractivity contribution in [3.8, 4) is 11.5 Å². The second-order valence-corrected chi connectivity index (χ2v) is 6.22. The van der Waals surface area contributed by atoms with Crippen molar-refractivity contribution in [3.05, 3.63) is 23.8 Å². The van der Waals surface area contributed by atoms with E-state index < -0.39 is 0 Å². The molecule has 3 heteroatoms. The lowest BCUT2D eigenvalue weighted by Gasteiger charge is -2.18. The summed E-state index contributed by atoms with van der Waals surface area (Å²) in [6, 6.07) is 6.90. The molecule has 1 fully saturated rings. The second kappa shape index (κ2) is 8.28. The fourth-order valence-electron chi connectivity index (χ4n) is 2.92.